The highest BCUT2D eigenvalue weighted by atomic mass is 16.6. The lowest BCUT2D eigenvalue weighted by Gasteiger charge is -2.41. The molecule has 2 saturated heterocycles. The average Bonchev–Trinajstić information content (AvgIpc) is 3.11. The van der Waals surface area contributed by atoms with E-state index in [9.17, 15) is 9.59 Å². The van der Waals surface area contributed by atoms with Crippen LogP contribution in [0.15, 0.2) is 0 Å². The molecule has 28 heavy (non-hydrogen) atoms. The topological polar surface area (TPSA) is 65.1 Å². The van der Waals surface area contributed by atoms with E-state index in [2.05, 4.69) is 20.8 Å². The SMILES string of the molecule is CN1C(=O)[C@@]2(C(=O)O[C@@H]3C[C@@H]4CC[C@@]3(C)C4(C)C)O[C@]1(C)C[C@H]2OC(C)(C)C. The van der Waals surface area contributed by atoms with Crippen molar-refractivity contribution in [3.05, 3.63) is 0 Å². The second-order valence-electron chi connectivity index (χ2n) is 11.3. The first-order chi connectivity index (χ1) is 12.7. The van der Waals surface area contributed by atoms with Crippen LogP contribution in [0.4, 0.5) is 0 Å². The molecule has 6 atom stereocenters. The van der Waals surface area contributed by atoms with Crippen molar-refractivity contribution in [2.75, 3.05) is 7.05 Å². The first kappa shape index (κ1) is 20.1. The summed E-state index contributed by atoms with van der Waals surface area (Å²) in [6.07, 6.45) is 2.70. The molecule has 158 valence electrons. The van der Waals surface area contributed by atoms with E-state index in [1.807, 2.05) is 27.7 Å². The Hall–Kier alpha value is -1.14. The second kappa shape index (κ2) is 5.51. The Morgan fingerprint density at radius 3 is 2.29 bits per heavy atom. The number of likely N-dealkylation sites (N-methyl/N-ethyl adjacent to an activating group) is 1. The fourth-order valence-corrected chi connectivity index (χ4v) is 6.13. The van der Waals surface area contributed by atoms with Crippen molar-refractivity contribution in [1.29, 1.82) is 0 Å². The van der Waals surface area contributed by atoms with Gasteiger partial charge in [-0.2, -0.15) is 0 Å². The molecule has 2 aliphatic heterocycles. The van der Waals surface area contributed by atoms with Crippen LogP contribution in [0.1, 0.15) is 74.1 Å². The van der Waals surface area contributed by atoms with Crippen molar-refractivity contribution in [2.24, 2.45) is 16.7 Å². The molecule has 0 aromatic carbocycles. The Kier molecular flexibility index (Phi) is 3.96. The predicted octanol–water partition coefficient (Wildman–Crippen LogP) is 3.28. The Morgan fingerprint density at radius 1 is 1.18 bits per heavy atom. The van der Waals surface area contributed by atoms with Crippen molar-refractivity contribution in [1.82, 2.24) is 4.90 Å². The molecule has 4 fully saturated rings. The number of piperidine rings is 1. The van der Waals surface area contributed by atoms with E-state index in [-0.39, 0.29) is 22.8 Å². The van der Waals surface area contributed by atoms with Gasteiger partial charge < -0.3 is 19.1 Å². The number of likely N-dealkylation sites (tertiary alicyclic amines) is 1. The van der Waals surface area contributed by atoms with Crippen LogP contribution >= 0.6 is 0 Å². The van der Waals surface area contributed by atoms with Crippen molar-refractivity contribution in [2.45, 2.75) is 103 Å². The zero-order chi connectivity index (χ0) is 20.9. The number of fused-ring (bicyclic) bond motifs is 4. The maximum atomic E-state index is 13.5. The molecule has 2 aliphatic carbocycles. The van der Waals surface area contributed by atoms with Crippen LogP contribution in [0, 0.1) is 16.7 Å². The standard InChI is InChI=1S/C22H35NO5/c1-18(2,3)27-15-12-21(7)23(8)16(24)22(15,28-21)17(25)26-14-11-13-9-10-20(14,6)19(13,4)5/h13-15H,9-12H2,1-8H3/t13-,14+,15+,20+,21+,22-/m0/s1. The third kappa shape index (κ3) is 2.33. The monoisotopic (exact) mass is 393 g/mol. The molecule has 0 unspecified atom stereocenters. The van der Waals surface area contributed by atoms with Gasteiger partial charge in [-0.15, -0.1) is 0 Å². The molecule has 0 spiro atoms. The second-order valence-corrected chi connectivity index (χ2v) is 11.3. The lowest BCUT2D eigenvalue weighted by atomic mass is 9.70. The molecule has 0 N–H and O–H groups in total. The minimum Gasteiger partial charge on any atom is -0.459 e. The van der Waals surface area contributed by atoms with Gasteiger partial charge in [-0.05, 0) is 58.3 Å². The number of ether oxygens (including phenoxy) is 3. The summed E-state index contributed by atoms with van der Waals surface area (Å²) in [7, 11) is 1.69. The maximum Gasteiger partial charge on any atom is 0.351 e. The molecule has 2 saturated carbocycles. The highest BCUT2D eigenvalue weighted by Crippen LogP contribution is 2.66. The first-order valence-electron chi connectivity index (χ1n) is 10.5. The number of carbonyl (C=O) groups is 2. The van der Waals surface area contributed by atoms with E-state index in [0.29, 0.717) is 12.3 Å². The highest BCUT2D eigenvalue weighted by Gasteiger charge is 2.75. The molecule has 0 radical (unpaired) electrons. The van der Waals surface area contributed by atoms with Crippen LogP contribution in [-0.2, 0) is 23.8 Å². The fraction of sp³-hybridized carbons (Fsp3) is 0.909. The van der Waals surface area contributed by atoms with Crippen LogP contribution in [0.5, 0.6) is 0 Å². The number of nitrogens with zero attached hydrogens (tertiary/aromatic N) is 1. The zero-order valence-corrected chi connectivity index (χ0v) is 18.5. The summed E-state index contributed by atoms with van der Waals surface area (Å²) >= 11 is 0. The van der Waals surface area contributed by atoms with E-state index in [0.717, 1.165) is 12.8 Å². The van der Waals surface area contributed by atoms with Gasteiger partial charge in [0.15, 0.2) is 0 Å². The Bertz CT molecular complexity index is 727. The van der Waals surface area contributed by atoms with Gasteiger partial charge in [0.1, 0.15) is 17.9 Å². The Morgan fingerprint density at radius 2 is 1.82 bits per heavy atom. The largest absolute Gasteiger partial charge is 0.459 e. The molecule has 4 bridgehead atoms. The third-order valence-corrected chi connectivity index (χ3v) is 8.49. The average molecular weight is 394 g/mol. The van der Waals surface area contributed by atoms with Crippen molar-refractivity contribution in [3.8, 4) is 0 Å². The van der Waals surface area contributed by atoms with Crippen molar-refractivity contribution < 1.29 is 23.8 Å². The number of hydrogen-bond acceptors (Lipinski definition) is 5. The Balaban J connectivity index is 1.64. The molecular formula is C22H35NO5. The van der Waals surface area contributed by atoms with Crippen LogP contribution in [0.25, 0.3) is 0 Å². The molecule has 4 rings (SSSR count). The van der Waals surface area contributed by atoms with Gasteiger partial charge in [-0.3, -0.25) is 4.79 Å². The van der Waals surface area contributed by atoms with Gasteiger partial charge in [-0.1, -0.05) is 20.8 Å². The lowest BCUT2D eigenvalue weighted by Crippen LogP contribution is -2.61. The number of amides is 1. The fourth-order valence-electron chi connectivity index (χ4n) is 6.13. The van der Waals surface area contributed by atoms with Crippen LogP contribution in [0.2, 0.25) is 0 Å². The summed E-state index contributed by atoms with van der Waals surface area (Å²) in [6, 6.07) is 0. The van der Waals surface area contributed by atoms with Gasteiger partial charge in [-0.25, -0.2) is 4.79 Å². The molecular weight excluding hydrogens is 358 g/mol. The molecule has 0 aromatic heterocycles. The summed E-state index contributed by atoms with van der Waals surface area (Å²) in [5, 5.41) is 0. The van der Waals surface area contributed by atoms with E-state index in [1.54, 1.807) is 7.05 Å². The van der Waals surface area contributed by atoms with E-state index in [1.165, 1.54) is 11.3 Å². The highest BCUT2D eigenvalue weighted by molar-refractivity contribution is 6.09. The van der Waals surface area contributed by atoms with Crippen molar-refractivity contribution >= 4 is 11.9 Å². The lowest BCUT2D eigenvalue weighted by molar-refractivity contribution is -0.197. The predicted molar refractivity (Wildman–Crippen MR) is 103 cm³/mol. The van der Waals surface area contributed by atoms with Gasteiger partial charge in [0.25, 0.3) is 11.5 Å². The molecule has 6 heteroatoms. The van der Waals surface area contributed by atoms with Gasteiger partial charge in [0.05, 0.1) is 5.60 Å². The molecule has 1 amide bonds. The first-order valence-corrected chi connectivity index (χ1v) is 10.5. The van der Waals surface area contributed by atoms with Crippen LogP contribution < -0.4 is 0 Å². The van der Waals surface area contributed by atoms with E-state index in [4.69, 9.17) is 14.2 Å². The molecule has 6 nitrogen and oxygen atoms in total. The Labute approximate surface area is 168 Å². The van der Waals surface area contributed by atoms with Crippen LogP contribution in [-0.4, -0.2) is 53.0 Å². The number of carbonyl (C=O) groups excluding carboxylic acids is 2. The number of hydrogen-bond donors (Lipinski definition) is 0. The summed E-state index contributed by atoms with van der Waals surface area (Å²) in [5.74, 6) is -0.381. The summed E-state index contributed by atoms with van der Waals surface area (Å²) in [6.45, 7) is 14.4. The minimum absolute atomic E-state index is 0.0696. The summed E-state index contributed by atoms with van der Waals surface area (Å²) < 4.78 is 18.4. The van der Waals surface area contributed by atoms with Crippen molar-refractivity contribution in [3.63, 3.8) is 0 Å². The number of rotatable bonds is 3. The summed E-state index contributed by atoms with van der Waals surface area (Å²) in [5.41, 5.74) is -2.98. The zero-order valence-electron chi connectivity index (χ0n) is 18.5. The maximum absolute atomic E-state index is 13.5. The molecule has 4 aliphatic rings. The van der Waals surface area contributed by atoms with Gasteiger partial charge >= 0.3 is 5.97 Å². The summed E-state index contributed by atoms with van der Waals surface area (Å²) in [4.78, 5) is 28.3. The van der Waals surface area contributed by atoms with Crippen LogP contribution in [0.3, 0.4) is 0 Å². The quantitative estimate of drug-likeness (QED) is 0.544. The molecule has 2 heterocycles. The normalized spacial score (nSPS) is 46.5. The van der Waals surface area contributed by atoms with E-state index >= 15 is 0 Å². The van der Waals surface area contributed by atoms with Gasteiger partial charge in [0.2, 0.25) is 0 Å². The number of esters is 1. The molecule has 0 aromatic rings. The smallest absolute Gasteiger partial charge is 0.351 e. The van der Waals surface area contributed by atoms with E-state index < -0.39 is 29.0 Å². The minimum atomic E-state index is -1.70. The van der Waals surface area contributed by atoms with Gasteiger partial charge in [0, 0.05) is 18.9 Å². The third-order valence-electron chi connectivity index (χ3n) is 8.49.